The molecule has 0 aliphatic heterocycles. The van der Waals surface area contributed by atoms with Crippen molar-refractivity contribution >= 4 is 10.8 Å². The molecular formula is C11H11NO2. The Morgan fingerprint density at radius 3 is 2.93 bits per heavy atom. The summed E-state index contributed by atoms with van der Waals surface area (Å²) in [5.41, 5.74) is -0.0796. The number of ether oxygens (including phenoxy) is 1. The van der Waals surface area contributed by atoms with Gasteiger partial charge in [0.2, 0.25) is 0 Å². The molecule has 0 fully saturated rings. The smallest absolute Gasteiger partial charge is 0.255 e. The molecule has 0 amide bonds. The highest BCUT2D eigenvalue weighted by molar-refractivity contribution is 5.87. The average Bonchev–Trinajstić information content (AvgIpc) is 2.20. The van der Waals surface area contributed by atoms with Crippen LogP contribution >= 0.6 is 0 Å². The van der Waals surface area contributed by atoms with Crippen LogP contribution < -0.4 is 10.3 Å². The second kappa shape index (κ2) is 3.54. The maximum atomic E-state index is 11.4. The van der Waals surface area contributed by atoms with Gasteiger partial charge in [-0.3, -0.25) is 4.79 Å². The number of aromatic amines is 1. The van der Waals surface area contributed by atoms with E-state index in [0.717, 1.165) is 11.1 Å². The Hall–Kier alpha value is -1.77. The Balaban J connectivity index is 2.75. The molecule has 3 nitrogen and oxygen atoms in total. The van der Waals surface area contributed by atoms with E-state index in [9.17, 15) is 4.79 Å². The van der Waals surface area contributed by atoms with Crippen molar-refractivity contribution in [1.29, 1.82) is 0 Å². The second-order valence-corrected chi connectivity index (χ2v) is 2.96. The van der Waals surface area contributed by atoms with Crippen LogP contribution in [0.3, 0.4) is 0 Å². The summed E-state index contributed by atoms with van der Waals surface area (Å²) < 4.78 is 5.42. The van der Waals surface area contributed by atoms with E-state index in [1.807, 2.05) is 25.1 Å². The first-order valence-corrected chi connectivity index (χ1v) is 4.56. The molecule has 0 atom stereocenters. The van der Waals surface area contributed by atoms with Crippen molar-refractivity contribution in [2.45, 2.75) is 6.92 Å². The highest BCUT2D eigenvalue weighted by atomic mass is 16.5. The number of nitrogens with one attached hydrogen (secondary N) is 1. The lowest BCUT2D eigenvalue weighted by molar-refractivity contribution is 0.344. The van der Waals surface area contributed by atoms with E-state index in [1.165, 1.54) is 0 Å². The molecule has 1 aromatic carbocycles. The molecule has 0 saturated heterocycles. The Morgan fingerprint density at radius 2 is 2.14 bits per heavy atom. The number of rotatable bonds is 2. The van der Waals surface area contributed by atoms with Gasteiger partial charge in [-0.05, 0) is 25.1 Å². The highest BCUT2D eigenvalue weighted by Crippen LogP contribution is 2.22. The zero-order valence-corrected chi connectivity index (χ0v) is 7.91. The number of fused-ring (bicyclic) bond motifs is 1. The number of pyridine rings is 1. The molecule has 2 rings (SSSR count). The zero-order chi connectivity index (χ0) is 9.97. The van der Waals surface area contributed by atoms with Crippen molar-refractivity contribution in [1.82, 2.24) is 4.98 Å². The predicted octanol–water partition coefficient (Wildman–Crippen LogP) is 1.93. The molecule has 3 heteroatoms. The number of hydrogen-bond donors (Lipinski definition) is 1. The van der Waals surface area contributed by atoms with Crippen LogP contribution in [0.2, 0.25) is 0 Å². The number of H-pyrrole nitrogens is 1. The standard InChI is InChI=1S/C11H11NO2/c1-2-14-10-5-3-4-9-8(10)6-7-12-11(9)13/h3-7H,2H2,1H3,(H,12,13). The molecule has 2 aromatic rings. The molecule has 1 heterocycles. The third-order valence-corrected chi connectivity index (χ3v) is 2.08. The maximum absolute atomic E-state index is 11.4. The minimum absolute atomic E-state index is 0.0796. The Kier molecular flexibility index (Phi) is 2.23. The fraction of sp³-hybridized carbons (Fsp3) is 0.182. The molecule has 1 N–H and O–H groups in total. The van der Waals surface area contributed by atoms with Crippen LogP contribution in [0.1, 0.15) is 6.92 Å². The number of benzene rings is 1. The maximum Gasteiger partial charge on any atom is 0.255 e. The van der Waals surface area contributed by atoms with Crippen molar-refractivity contribution < 1.29 is 4.74 Å². The Bertz CT molecular complexity index is 502. The summed E-state index contributed by atoms with van der Waals surface area (Å²) in [6.45, 7) is 2.53. The molecule has 72 valence electrons. The Morgan fingerprint density at radius 1 is 1.29 bits per heavy atom. The first-order valence-electron chi connectivity index (χ1n) is 4.56. The topological polar surface area (TPSA) is 42.1 Å². The minimum Gasteiger partial charge on any atom is -0.493 e. The molecule has 0 aliphatic carbocycles. The van der Waals surface area contributed by atoms with E-state index >= 15 is 0 Å². The lowest BCUT2D eigenvalue weighted by atomic mass is 10.1. The predicted molar refractivity (Wildman–Crippen MR) is 55.7 cm³/mol. The van der Waals surface area contributed by atoms with Crippen LogP contribution in [0.25, 0.3) is 10.8 Å². The van der Waals surface area contributed by atoms with Crippen LogP contribution in [0.5, 0.6) is 5.75 Å². The normalized spacial score (nSPS) is 10.4. The molecule has 14 heavy (non-hydrogen) atoms. The van der Waals surface area contributed by atoms with Gasteiger partial charge in [-0.25, -0.2) is 0 Å². The first kappa shape index (κ1) is 8.81. The van der Waals surface area contributed by atoms with Gasteiger partial charge in [0.25, 0.3) is 5.56 Å². The van der Waals surface area contributed by atoms with E-state index < -0.39 is 0 Å². The second-order valence-electron chi connectivity index (χ2n) is 2.96. The van der Waals surface area contributed by atoms with E-state index in [2.05, 4.69) is 4.98 Å². The summed E-state index contributed by atoms with van der Waals surface area (Å²) in [5, 5.41) is 1.52. The summed E-state index contributed by atoms with van der Waals surface area (Å²) in [5.74, 6) is 0.760. The number of hydrogen-bond acceptors (Lipinski definition) is 2. The monoisotopic (exact) mass is 189 g/mol. The van der Waals surface area contributed by atoms with Crippen LogP contribution in [0, 0.1) is 0 Å². The summed E-state index contributed by atoms with van der Waals surface area (Å²) in [6, 6.07) is 7.33. The van der Waals surface area contributed by atoms with Crippen LogP contribution in [0.4, 0.5) is 0 Å². The van der Waals surface area contributed by atoms with E-state index in [0.29, 0.717) is 12.0 Å². The number of aromatic nitrogens is 1. The molecule has 0 saturated carbocycles. The third kappa shape index (κ3) is 1.37. The van der Waals surface area contributed by atoms with E-state index in [1.54, 1.807) is 12.3 Å². The van der Waals surface area contributed by atoms with Gasteiger partial charge >= 0.3 is 0 Å². The summed E-state index contributed by atoms with van der Waals surface area (Å²) in [7, 11) is 0. The fourth-order valence-corrected chi connectivity index (χ4v) is 1.47. The lowest BCUT2D eigenvalue weighted by Crippen LogP contribution is -2.05. The molecule has 0 radical (unpaired) electrons. The van der Waals surface area contributed by atoms with E-state index in [4.69, 9.17) is 4.74 Å². The largest absolute Gasteiger partial charge is 0.493 e. The third-order valence-electron chi connectivity index (χ3n) is 2.08. The molecule has 1 aromatic heterocycles. The van der Waals surface area contributed by atoms with Gasteiger partial charge in [0, 0.05) is 11.6 Å². The van der Waals surface area contributed by atoms with Gasteiger partial charge in [0.1, 0.15) is 5.75 Å². The zero-order valence-electron chi connectivity index (χ0n) is 7.91. The summed E-state index contributed by atoms with van der Waals surface area (Å²) in [6.07, 6.45) is 1.63. The molecule has 0 spiro atoms. The fourth-order valence-electron chi connectivity index (χ4n) is 1.47. The molecular weight excluding hydrogens is 178 g/mol. The average molecular weight is 189 g/mol. The van der Waals surface area contributed by atoms with E-state index in [-0.39, 0.29) is 5.56 Å². The van der Waals surface area contributed by atoms with Gasteiger partial charge in [0.15, 0.2) is 0 Å². The van der Waals surface area contributed by atoms with Crippen molar-refractivity contribution in [3.8, 4) is 5.75 Å². The molecule has 0 aliphatic rings. The van der Waals surface area contributed by atoms with Gasteiger partial charge in [-0.2, -0.15) is 0 Å². The van der Waals surface area contributed by atoms with Crippen LogP contribution in [-0.4, -0.2) is 11.6 Å². The first-order chi connectivity index (χ1) is 6.83. The lowest BCUT2D eigenvalue weighted by Gasteiger charge is -2.05. The van der Waals surface area contributed by atoms with Gasteiger partial charge in [-0.1, -0.05) is 6.07 Å². The van der Waals surface area contributed by atoms with Crippen molar-refractivity contribution in [2.24, 2.45) is 0 Å². The van der Waals surface area contributed by atoms with Gasteiger partial charge in [-0.15, -0.1) is 0 Å². The highest BCUT2D eigenvalue weighted by Gasteiger charge is 2.02. The molecule has 0 unspecified atom stereocenters. The van der Waals surface area contributed by atoms with Gasteiger partial charge < -0.3 is 9.72 Å². The SMILES string of the molecule is CCOc1cccc2c(=O)[nH]ccc12. The van der Waals surface area contributed by atoms with Crippen molar-refractivity contribution in [3.63, 3.8) is 0 Å². The van der Waals surface area contributed by atoms with Crippen molar-refractivity contribution in [2.75, 3.05) is 6.61 Å². The van der Waals surface area contributed by atoms with Crippen LogP contribution in [-0.2, 0) is 0 Å². The summed E-state index contributed by atoms with van der Waals surface area (Å²) >= 11 is 0. The van der Waals surface area contributed by atoms with Crippen molar-refractivity contribution in [3.05, 3.63) is 40.8 Å². The quantitative estimate of drug-likeness (QED) is 0.784. The minimum atomic E-state index is -0.0796. The Labute approximate surface area is 81.3 Å². The summed E-state index contributed by atoms with van der Waals surface area (Å²) in [4.78, 5) is 14.1. The van der Waals surface area contributed by atoms with Crippen LogP contribution in [0.15, 0.2) is 35.3 Å². The van der Waals surface area contributed by atoms with Gasteiger partial charge in [0.05, 0.1) is 12.0 Å². The molecule has 0 bridgehead atoms.